The zero-order valence-corrected chi connectivity index (χ0v) is 11.1. The number of aromatic nitrogens is 2. The van der Waals surface area contributed by atoms with Crippen molar-refractivity contribution in [1.29, 1.82) is 0 Å². The Morgan fingerprint density at radius 3 is 2.62 bits per heavy atom. The summed E-state index contributed by atoms with van der Waals surface area (Å²) in [5, 5.41) is 5.03. The number of hydrogen-bond donors (Lipinski definition) is 0. The van der Waals surface area contributed by atoms with Crippen LogP contribution in [0.4, 0.5) is 0 Å². The van der Waals surface area contributed by atoms with Crippen LogP contribution in [0.1, 0.15) is 38.6 Å². The van der Waals surface area contributed by atoms with Gasteiger partial charge in [0.2, 0.25) is 0 Å². The highest BCUT2D eigenvalue weighted by atomic mass is 35.5. The molecule has 0 saturated heterocycles. The molecule has 0 aliphatic rings. The molecule has 0 atom stereocenters. The van der Waals surface area contributed by atoms with Gasteiger partial charge in [0.05, 0.1) is 16.4 Å². The van der Waals surface area contributed by atoms with Gasteiger partial charge >= 0.3 is 0 Å². The Bertz CT molecular complexity index is 383. The molecule has 1 aromatic heterocycles. The third kappa shape index (κ3) is 2.85. The van der Waals surface area contributed by atoms with E-state index in [1.54, 1.807) is 0 Å². The Morgan fingerprint density at radius 2 is 2.12 bits per heavy atom. The molecule has 4 heteroatoms. The molecule has 0 N–H and O–H groups in total. The number of ketones is 1. The fourth-order valence-corrected chi connectivity index (χ4v) is 1.87. The minimum absolute atomic E-state index is 0.0953. The quantitative estimate of drug-likeness (QED) is 0.796. The van der Waals surface area contributed by atoms with Crippen LogP contribution in [0.3, 0.4) is 0 Å². The third-order valence-electron chi connectivity index (χ3n) is 2.70. The Morgan fingerprint density at radius 1 is 1.50 bits per heavy atom. The molecule has 3 nitrogen and oxygen atoms in total. The van der Waals surface area contributed by atoms with E-state index in [4.69, 9.17) is 11.6 Å². The zero-order valence-electron chi connectivity index (χ0n) is 10.4. The van der Waals surface area contributed by atoms with Gasteiger partial charge in [0.25, 0.3) is 0 Å². The molecule has 0 bridgehead atoms. The van der Waals surface area contributed by atoms with Gasteiger partial charge in [-0.05, 0) is 20.3 Å². The summed E-state index contributed by atoms with van der Waals surface area (Å²) in [6, 6.07) is 0. The van der Waals surface area contributed by atoms with E-state index < -0.39 is 0 Å². The molecule has 0 aromatic carbocycles. The molecule has 0 unspecified atom stereocenters. The molecule has 0 fully saturated rings. The number of rotatable bonds is 5. The van der Waals surface area contributed by atoms with Crippen LogP contribution < -0.4 is 0 Å². The maximum Gasteiger partial charge on any atom is 0.135 e. The van der Waals surface area contributed by atoms with E-state index in [1.807, 2.05) is 32.4 Å². The van der Waals surface area contributed by atoms with Crippen molar-refractivity contribution in [2.75, 3.05) is 0 Å². The van der Waals surface area contributed by atoms with Crippen LogP contribution in [0.5, 0.6) is 0 Å². The molecule has 16 heavy (non-hydrogen) atoms. The Kier molecular flexibility index (Phi) is 4.54. The van der Waals surface area contributed by atoms with Crippen LogP contribution in [-0.2, 0) is 17.8 Å². The standard InChI is InChI=1S/C12H19ClN2O/c1-5-15-10(12(13)9(4)14-15)6-7-11(16)8(2)3/h8H,5-7H2,1-4H3. The molecule has 0 saturated carbocycles. The predicted octanol–water partition coefficient (Wildman–Crippen LogP) is 3.02. The van der Waals surface area contributed by atoms with Crippen molar-refractivity contribution in [3.63, 3.8) is 0 Å². The van der Waals surface area contributed by atoms with Crippen LogP contribution >= 0.6 is 11.6 Å². The maximum absolute atomic E-state index is 11.6. The van der Waals surface area contributed by atoms with Crippen LogP contribution in [0.25, 0.3) is 0 Å². The number of Topliss-reactive ketones (excluding diaryl/α,β-unsaturated/α-hetero) is 1. The highest BCUT2D eigenvalue weighted by Crippen LogP contribution is 2.22. The highest BCUT2D eigenvalue weighted by molar-refractivity contribution is 6.31. The molecule has 0 radical (unpaired) electrons. The first kappa shape index (κ1) is 13.2. The van der Waals surface area contributed by atoms with E-state index in [9.17, 15) is 4.79 Å². The normalized spacial score (nSPS) is 11.1. The molecule has 0 amide bonds. The molecule has 1 rings (SSSR count). The second kappa shape index (κ2) is 5.48. The first-order valence-electron chi connectivity index (χ1n) is 5.71. The molecule has 0 aliphatic heterocycles. The molecule has 1 aromatic rings. The van der Waals surface area contributed by atoms with Gasteiger partial charge in [0, 0.05) is 18.9 Å². The summed E-state index contributed by atoms with van der Waals surface area (Å²) in [7, 11) is 0. The first-order valence-corrected chi connectivity index (χ1v) is 6.09. The maximum atomic E-state index is 11.6. The summed E-state index contributed by atoms with van der Waals surface area (Å²) in [6.07, 6.45) is 1.23. The third-order valence-corrected chi connectivity index (χ3v) is 3.20. The van der Waals surface area contributed by atoms with Crippen molar-refractivity contribution in [1.82, 2.24) is 9.78 Å². The van der Waals surface area contributed by atoms with Gasteiger partial charge < -0.3 is 0 Å². The van der Waals surface area contributed by atoms with Gasteiger partial charge in [-0.3, -0.25) is 9.48 Å². The summed E-state index contributed by atoms with van der Waals surface area (Å²) in [6.45, 7) is 8.55. The van der Waals surface area contributed by atoms with Crippen molar-refractivity contribution in [3.05, 3.63) is 16.4 Å². The number of carbonyl (C=O) groups excluding carboxylic acids is 1. The van der Waals surface area contributed by atoms with E-state index in [2.05, 4.69) is 5.10 Å². The van der Waals surface area contributed by atoms with Crippen LogP contribution in [0.15, 0.2) is 0 Å². The highest BCUT2D eigenvalue weighted by Gasteiger charge is 2.14. The molecular weight excluding hydrogens is 224 g/mol. The monoisotopic (exact) mass is 242 g/mol. The van der Waals surface area contributed by atoms with Crippen LogP contribution in [-0.4, -0.2) is 15.6 Å². The number of hydrogen-bond acceptors (Lipinski definition) is 2. The Balaban J connectivity index is 2.77. The lowest BCUT2D eigenvalue weighted by Gasteiger charge is -2.06. The molecule has 1 heterocycles. The zero-order chi connectivity index (χ0) is 12.3. The van der Waals surface area contributed by atoms with Crippen molar-refractivity contribution in [3.8, 4) is 0 Å². The van der Waals surface area contributed by atoms with Crippen molar-refractivity contribution in [2.24, 2.45) is 5.92 Å². The number of aryl methyl sites for hydroxylation is 2. The smallest absolute Gasteiger partial charge is 0.135 e. The van der Waals surface area contributed by atoms with Crippen molar-refractivity contribution < 1.29 is 4.79 Å². The van der Waals surface area contributed by atoms with Gasteiger partial charge in [-0.25, -0.2) is 0 Å². The minimum Gasteiger partial charge on any atom is -0.299 e. The van der Waals surface area contributed by atoms with E-state index in [0.717, 1.165) is 17.9 Å². The minimum atomic E-state index is 0.0953. The fraction of sp³-hybridized carbons (Fsp3) is 0.667. The summed E-state index contributed by atoms with van der Waals surface area (Å²) in [5.74, 6) is 0.371. The lowest BCUT2D eigenvalue weighted by molar-refractivity contribution is -0.121. The van der Waals surface area contributed by atoms with Gasteiger partial charge in [0.1, 0.15) is 5.78 Å². The van der Waals surface area contributed by atoms with E-state index in [-0.39, 0.29) is 11.7 Å². The molecule has 0 spiro atoms. The van der Waals surface area contributed by atoms with Crippen LogP contribution in [0, 0.1) is 12.8 Å². The van der Waals surface area contributed by atoms with Crippen molar-refractivity contribution >= 4 is 17.4 Å². The van der Waals surface area contributed by atoms with Gasteiger partial charge in [-0.15, -0.1) is 0 Å². The largest absolute Gasteiger partial charge is 0.299 e. The fourth-order valence-electron chi connectivity index (χ4n) is 1.64. The summed E-state index contributed by atoms with van der Waals surface area (Å²) < 4.78 is 1.88. The average Bonchev–Trinajstić information content (AvgIpc) is 2.51. The Labute approximate surface area is 102 Å². The predicted molar refractivity (Wildman–Crippen MR) is 65.8 cm³/mol. The average molecular weight is 243 g/mol. The van der Waals surface area contributed by atoms with E-state index >= 15 is 0 Å². The summed E-state index contributed by atoms with van der Waals surface area (Å²) >= 11 is 6.16. The van der Waals surface area contributed by atoms with E-state index in [1.165, 1.54) is 0 Å². The number of halogens is 1. The lowest BCUT2D eigenvalue weighted by atomic mass is 10.0. The molecule has 0 aliphatic carbocycles. The Hall–Kier alpha value is -0.830. The van der Waals surface area contributed by atoms with Gasteiger partial charge in [0.15, 0.2) is 0 Å². The summed E-state index contributed by atoms with van der Waals surface area (Å²) in [5.41, 5.74) is 1.83. The summed E-state index contributed by atoms with van der Waals surface area (Å²) in [4.78, 5) is 11.6. The van der Waals surface area contributed by atoms with Crippen LogP contribution in [0.2, 0.25) is 5.02 Å². The topological polar surface area (TPSA) is 34.9 Å². The van der Waals surface area contributed by atoms with Crippen molar-refractivity contribution in [2.45, 2.75) is 47.1 Å². The number of nitrogens with zero attached hydrogens (tertiary/aromatic N) is 2. The SMILES string of the molecule is CCn1nc(C)c(Cl)c1CCC(=O)C(C)C. The molecular formula is C12H19ClN2O. The lowest BCUT2D eigenvalue weighted by Crippen LogP contribution is -2.10. The second-order valence-corrected chi connectivity index (χ2v) is 4.66. The molecule has 90 valence electrons. The first-order chi connectivity index (χ1) is 7.47. The van der Waals surface area contributed by atoms with E-state index in [0.29, 0.717) is 17.9 Å². The van der Waals surface area contributed by atoms with Gasteiger partial charge in [-0.2, -0.15) is 5.10 Å². The van der Waals surface area contributed by atoms with Gasteiger partial charge in [-0.1, -0.05) is 25.4 Å². The second-order valence-electron chi connectivity index (χ2n) is 4.28. The number of carbonyl (C=O) groups is 1.